The molecule has 0 radical (unpaired) electrons. The van der Waals surface area contributed by atoms with Gasteiger partial charge in [0.05, 0.1) is 17.5 Å². The van der Waals surface area contributed by atoms with Crippen molar-refractivity contribution >= 4 is 56.6 Å². The molecule has 1 unspecified atom stereocenters. The molecule has 3 aliphatic rings. The van der Waals surface area contributed by atoms with Crippen LogP contribution in [-0.4, -0.2) is 91.4 Å². The predicted octanol–water partition coefficient (Wildman–Crippen LogP) is 5.25. The fourth-order valence-electron chi connectivity index (χ4n) is 7.70. The number of aromatic nitrogens is 2. The number of sulfonamides is 1. The summed E-state index contributed by atoms with van der Waals surface area (Å²) in [5.74, 6) is -2.59. The van der Waals surface area contributed by atoms with Gasteiger partial charge in [0.25, 0.3) is 5.91 Å². The van der Waals surface area contributed by atoms with E-state index in [1.54, 1.807) is 36.4 Å². The molecule has 312 valence electrons. The van der Waals surface area contributed by atoms with Crippen molar-refractivity contribution in [1.29, 1.82) is 0 Å². The van der Waals surface area contributed by atoms with Gasteiger partial charge in [0.1, 0.15) is 23.2 Å². The number of hydrogen-bond donors (Lipinski definition) is 3. The van der Waals surface area contributed by atoms with Gasteiger partial charge in [-0.05, 0) is 85.5 Å². The maximum atomic E-state index is 15.3. The van der Waals surface area contributed by atoms with Crippen molar-refractivity contribution in [2.75, 3.05) is 53.3 Å². The van der Waals surface area contributed by atoms with Gasteiger partial charge in [-0.15, -0.1) is 0 Å². The molecule has 2 saturated heterocycles. The minimum atomic E-state index is -4.73. The number of anilines is 5. The van der Waals surface area contributed by atoms with Gasteiger partial charge in [-0.2, -0.15) is 18.2 Å². The normalized spacial score (nSPS) is 17.6. The van der Waals surface area contributed by atoms with Crippen molar-refractivity contribution in [2.24, 2.45) is 0 Å². The number of nitrogens with zero attached hydrogens (tertiary/aromatic N) is 6. The third-order valence-corrected chi connectivity index (χ3v) is 12.2. The summed E-state index contributed by atoms with van der Waals surface area (Å²) >= 11 is 0. The largest absolute Gasteiger partial charge is 0.421 e. The van der Waals surface area contributed by atoms with E-state index in [1.165, 1.54) is 18.0 Å². The molecule has 0 bridgehead atoms. The Bertz CT molecular complexity index is 2370. The van der Waals surface area contributed by atoms with Gasteiger partial charge >= 0.3 is 6.18 Å². The zero-order valence-electron chi connectivity index (χ0n) is 32.5. The molecule has 3 amide bonds. The fourth-order valence-corrected chi connectivity index (χ4v) is 8.20. The number of alkyl halides is 3. The minimum Gasteiger partial charge on any atom is -0.371 e. The van der Waals surface area contributed by atoms with Crippen LogP contribution in [0.3, 0.4) is 0 Å². The maximum absolute atomic E-state index is 15.3. The quantitative estimate of drug-likeness (QED) is 0.126. The van der Waals surface area contributed by atoms with Crippen molar-refractivity contribution in [3.63, 3.8) is 0 Å². The summed E-state index contributed by atoms with van der Waals surface area (Å²) in [6.45, 7) is 2.00. The number of fused-ring (bicyclic) bond motifs is 1. The van der Waals surface area contributed by atoms with Crippen LogP contribution in [0.1, 0.15) is 58.3 Å². The van der Waals surface area contributed by atoms with Crippen LogP contribution in [-0.2, 0) is 45.4 Å². The van der Waals surface area contributed by atoms with Crippen LogP contribution in [0, 0.1) is 5.82 Å². The third kappa shape index (κ3) is 9.25. The summed E-state index contributed by atoms with van der Waals surface area (Å²) in [6, 6.07) is 16.4. The van der Waals surface area contributed by atoms with Gasteiger partial charge in [0.2, 0.25) is 27.8 Å². The van der Waals surface area contributed by atoms with Crippen LogP contribution in [0.15, 0.2) is 66.9 Å². The Hall–Kier alpha value is -5.82. The molecule has 14 nitrogen and oxygen atoms in total. The van der Waals surface area contributed by atoms with Crippen molar-refractivity contribution in [2.45, 2.75) is 63.6 Å². The first-order valence-corrected chi connectivity index (χ1v) is 20.8. The van der Waals surface area contributed by atoms with Crippen molar-refractivity contribution in [3.05, 3.63) is 100 Å². The Balaban J connectivity index is 0.938. The van der Waals surface area contributed by atoms with E-state index in [0.29, 0.717) is 35.2 Å². The summed E-state index contributed by atoms with van der Waals surface area (Å²) in [5.41, 5.74) is 2.60. The highest BCUT2D eigenvalue weighted by Crippen LogP contribution is 2.35. The average Bonchev–Trinajstić information content (AvgIpc) is 3.52. The summed E-state index contributed by atoms with van der Waals surface area (Å²) in [4.78, 5) is 50.9. The van der Waals surface area contributed by atoms with Gasteiger partial charge in [0, 0.05) is 69.8 Å². The van der Waals surface area contributed by atoms with Crippen molar-refractivity contribution < 1.29 is 40.4 Å². The standard InChI is InChI=1S/C40H43F4N9O5S/c1-50(22-25-17-26-23-53(38(56)35(26)32(41)19-25)33-11-12-34(54)48-37(33)55)28-13-15-52(16-14-28)29-9-7-27(8-10-29)47-39-46-21-31(40(42,43)44)36(49-39)45-20-24-5-4-6-30(18-24)51(2)59(3,57)58/h4-10,17-19,21,28,33H,11-16,20,22-23H2,1-3H3,(H,48,54,55)(H2,45,46,47,49). The summed E-state index contributed by atoms with van der Waals surface area (Å²) in [6.07, 6.45) is -0.978. The second kappa shape index (κ2) is 16.4. The number of rotatable bonds is 12. The molecule has 1 aromatic heterocycles. The minimum absolute atomic E-state index is 0.0266. The SMILES string of the molecule is CN(Cc1cc(F)c2c(c1)CN(C1CCC(=O)NC1=O)C2=O)C1CCN(c2ccc(Nc3ncc(C(F)(F)F)c(NCc4cccc(N(C)S(C)(=O)=O)c4)n3)cc2)CC1. The molecule has 4 aromatic rings. The van der Waals surface area contributed by atoms with E-state index in [0.717, 1.165) is 47.7 Å². The lowest BCUT2D eigenvalue weighted by atomic mass is 10.0. The monoisotopic (exact) mass is 837 g/mol. The first-order chi connectivity index (χ1) is 27.9. The predicted molar refractivity (Wildman–Crippen MR) is 213 cm³/mol. The Labute approximate surface area is 338 Å². The van der Waals surface area contributed by atoms with E-state index in [2.05, 4.69) is 35.7 Å². The Kier molecular flexibility index (Phi) is 11.5. The summed E-state index contributed by atoms with van der Waals surface area (Å²) in [7, 11) is -0.167. The number of amides is 3. The van der Waals surface area contributed by atoms with Crippen LogP contribution < -0.4 is 25.2 Å². The van der Waals surface area contributed by atoms with Crippen LogP contribution in [0.25, 0.3) is 0 Å². The van der Waals surface area contributed by atoms with Crippen LogP contribution in [0.4, 0.5) is 46.4 Å². The van der Waals surface area contributed by atoms with Crippen LogP contribution >= 0.6 is 0 Å². The summed E-state index contributed by atoms with van der Waals surface area (Å²) in [5, 5.41) is 7.97. The first-order valence-electron chi connectivity index (χ1n) is 18.9. The van der Waals surface area contributed by atoms with Crippen molar-refractivity contribution in [1.82, 2.24) is 25.1 Å². The van der Waals surface area contributed by atoms with E-state index in [4.69, 9.17) is 0 Å². The van der Waals surface area contributed by atoms with E-state index >= 15 is 4.39 Å². The topological polar surface area (TPSA) is 160 Å². The fraction of sp³-hybridized carbons (Fsp3) is 0.375. The number of carbonyl (C=O) groups is 3. The van der Waals surface area contributed by atoms with Gasteiger partial charge in [0.15, 0.2) is 0 Å². The molecule has 7 rings (SSSR count). The molecule has 19 heteroatoms. The molecule has 0 saturated carbocycles. The number of halogens is 4. The molecule has 2 fully saturated rings. The number of piperidine rings is 2. The molecular formula is C40H43F4N9O5S. The number of benzene rings is 3. The van der Waals surface area contributed by atoms with E-state index < -0.39 is 51.3 Å². The second-order valence-electron chi connectivity index (χ2n) is 15.0. The van der Waals surface area contributed by atoms with Crippen molar-refractivity contribution in [3.8, 4) is 0 Å². The van der Waals surface area contributed by atoms with Gasteiger partial charge in [-0.3, -0.25) is 28.9 Å². The Morgan fingerprint density at radius 2 is 1.69 bits per heavy atom. The van der Waals surface area contributed by atoms with Gasteiger partial charge < -0.3 is 20.4 Å². The Morgan fingerprint density at radius 3 is 2.37 bits per heavy atom. The molecule has 4 heterocycles. The number of carbonyl (C=O) groups excluding carboxylic acids is 3. The number of hydrogen-bond acceptors (Lipinski definition) is 11. The molecule has 3 aromatic carbocycles. The van der Waals surface area contributed by atoms with Crippen LogP contribution in [0.5, 0.6) is 0 Å². The Morgan fingerprint density at radius 1 is 0.966 bits per heavy atom. The highest BCUT2D eigenvalue weighted by atomic mass is 32.2. The summed E-state index contributed by atoms with van der Waals surface area (Å²) < 4.78 is 82.1. The molecular weight excluding hydrogens is 795 g/mol. The zero-order valence-corrected chi connectivity index (χ0v) is 33.3. The molecule has 59 heavy (non-hydrogen) atoms. The average molecular weight is 838 g/mol. The molecule has 0 spiro atoms. The lowest BCUT2D eigenvalue weighted by Crippen LogP contribution is -2.52. The zero-order chi connectivity index (χ0) is 42.2. The molecule has 0 aliphatic carbocycles. The number of imide groups is 1. The number of nitrogens with one attached hydrogen (secondary N) is 3. The van der Waals surface area contributed by atoms with E-state index in [1.807, 2.05) is 25.2 Å². The molecule has 3 aliphatic heterocycles. The molecule has 1 atom stereocenters. The van der Waals surface area contributed by atoms with Gasteiger partial charge in [-0.1, -0.05) is 18.2 Å². The highest BCUT2D eigenvalue weighted by Gasteiger charge is 2.41. The molecule has 3 N–H and O–H groups in total. The lowest BCUT2D eigenvalue weighted by molar-refractivity contribution is -0.138. The maximum Gasteiger partial charge on any atom is 0.421 e. The highest BCUT2D eigenvalue weighted by molar-refractivity contribution is 7.92. The smallest absolute Gasteiger partial charge is 0.371 e. The third-order valence-electron chi connectivity index (χ3n) is 11.0. The first kappa shape index (κ1) is 41.3. The second-order valence-corrected chi connectivity index (χ2v) is 17.0. The lowest BCUT2D eigenvalue weighted by Gasteiger charge is -2.38. The van der Waals surface area contributed by atoms with E-state index in [9.17, 15) is 36.0 Å². The van der Waals surface area contributed by atoms with E-state index in [-0.39, 0.29) is 49.4 Å². The van der Waals surface area contributed by atoms with Crippen LogP contribution in [0.2, 0.25) is 0 Å². The van der Waals surface area contributed by atoms with Gasteiger partial charge in [-0.25, -0.2) is 17.8 Å².